The molecule has 12 heavy (non-hydrogen) atoms. The van der Waals surface area contributed by atoms with Gasteiger partial charge in [0.15, 0.2) is 0 Å². The van der Waals surface area contributed by atoms with E-state index in [-0.39, 0.29) is 5.06 Å². The molecule has 0 aromatic carbocycles. The maximum atomic E-state index is 11.6. The first-order valence-electron chi connectivity index (χ1n) is 3.31. The fourth-order valence-corrected chi connectivity index (χ4v) is 0.546. The van der Waals surface area contributed by atoms with Crippen molar-refractivity contribution in [2.75, 3.05) is 6.54 Å². The maximum absolute atomic E-state index is 11.6. The van der Waals surface area contributed by atoms with Crippen molar-refractivity contribution in [3.63, 3.8) is 0 Å². The largest absolute Gasteiger partial charge is 0.408 e. The lowest BCUT2D eigenvalue weighted by Crippen LogP contribution is -2.38. The molecule has 0 heterocycles. The van der Waals surface area contributed by atoms with Crippen molar-refractivity contribution >= 4 is 5.91 Å². The minimum atomic E-state index is -4.56. The Balaban J connectivity index is 4.05. The number of hydrogen-bond donors (Lipinski definition) is 1. The predicted octanol–water partition coefficient (Wildman–Crippen LogP) is 1.42. The quantitative estimate of drug-likeness (QED) is 0.522. The number of alkyl halides is 3. The lowest BCUT2D eigenvalue weighted by Gasteiger charge is -2.18. The van der Waals surface area contributed by atoms with E-state index in [0.29, 0.717) is 0 Å². The van der Waals surface area contributed by atoms with E-state index in [1.807, 2.05) is 0 Å². The Kier molecular flexibility index (Phi) is 3.51. The molecule has 0 bridgehead atoms. The molecule has 0 aliphatic carbocycles. The van der Waals surface area contributed by atoms with Crippen LogP contribution in [-0.4, -0.2) is 28.9 Å². The van der Waals surface area contributed by atoms with E-state index < -0.39 is 24.5 Å². The molecule has 0 fully saturated rings. The van der Waals surface area contributed by atoms with Gasteiger partial charge in [-0.05, 0) is 0 Å². The van der Waals surface area contributed by atoms with Crippen LogP contribution in [0.15, 0.2) is 0 Å². The summed E-state index contributed by atoms with van der Waals surface area (Å²) in [6.45, 7) is 1.19. The summed E-state index contributed by atoms with van der Waals surface area (Å²) < 4.78 is 34.7. The zero-order valence-corrected chi connectivity index (χ0v) is 6.72. The molecule has 3 nitrogen and oxygen atoms in total. The van der Waals surface area contributed by atoms with Gasteiger partial charge in [-0.15, -0.1) is 0 Å². The number of amides is 1. The number of hydroxylamine groups is 2. The van der Waals surface area contributed by atoms with Crippen molar-refractivity contribution in [3.05, 3.63) is 0 Å². The van der Waals surface area contributed by atoms with Crippen molar-refractivity contribution in [1.82, 2.24) is 5.06 Å². The molecule has 0 atom stereocenters. The molecule has 0 radical (unpaired) electrons. The highest BCUT2D eigenvalue weighted by atomic mass is 19.4. The summed E-state index contributed by atoms with van der Waals surface area (Å²) in [6, 6.07) is 0. The zero-order valence-electron chi connectivity index (χ0n) is 6.72. The summed E-state index contributed by atoms with van der Waals surface area (Å²) >= 11 is 0. The van der Waals surface area contributed by atoms with Gasteiger partial charge in [-0.25, -0.2) is 5.06 Å². The van der Waals surface area contributed by atoms with E-state index in [0.717, 1.165) is 0 Å². The summed E-state index contributed by atoms with van der Waals surface area (Å²) in [5.74, 6) is -1.58. The Morgan fingerprint density at radius 3 is 2.17 bits per heavy atom. The Bertz CT molecular complexity index is 167. The van der Waals surface area contributed by atoms with Gasteiger partial charge in [0, 0.05) is 5.92 Å². The third-order valence-corrected chi connectivity index (χ3v) is 1.08. The van der Waals surface area contributed by atoms with Crippen LogP contribution in [0.4, 0.5) is 13.2 Å². The zero-order chi connectivity index (χ0) is 9.94. The molecule has 0 aromatic rings. The highest BCUT2D eigenvalue weighted by Gasteiger charge is 2.33. The maximum Gasteiger partial charge on any atom is 0.408 e. The fourth-order valence-electron chi connectivity index (χ4n) is 0.546. The molecule has 0 spiro atoms. The van der Waals surface area contributed by atoms with Crippen LogP contribution in [0.3, 0.4) is 0 Å². The number of hydrogen-bond acceptors (Lipinski definition) is 2. The molecule has 0 aromatic heterocycles. The first-order valence-corrected chi connectivity index (χ1v) is 3.31. The molecule has 0 saturated carbocycles. The summed E-state index contributed by atoms with van der Waals surface area (Å²) in [6.07, 6.45) is -4.56. The van der Waals surface area contributed by atoms with Crippen molar-refractivity contribution in [2.45, 2.75) is 20.0 Å². The Morgan fingerprint density at radius 1 is 1.50 bits per heavy atom. The molecule has 0 aliphatic rings. The normalized spacial score (nSPS) is 11.9. The highest BCUT2D eigenvalue weighted by Crippen LogP contribution is 2.16. The first-order chi connectivity index (χ1) is 5.24. The van der Waals surface area contributed by atoms with E-state index in [4.69, 9.17) is 5.21 Å². The second kappa shape index (κ2) is 3.75. The Labute approximate surface area is 67.7 Å². The number of halogens is 3. The van der Waals surface area contributed by atoms with Crippen LogP contribution in [0.25, 0.3) is 0 Å². The van der Waals surface area contributed by atoms with E-state index in [1.54, 1.807) is 0 Å². The van der Waals surface area contributed by atoms with Crippen LogP contribution in [0, 0.1) is 5.92 Å². The number of nitrogens with zero attached hydrogens (tertiary/aromatic N) is 1. The van der Waals surface area contributed by atoms with Gasteiger partial charge in [0.2, 0.25) is 5.91 Å². The lowest BCUT2D eigenvalue weighted by atomic mass is 10.2. The SMILES string of the molecule is CC(C)C(=O)N(O)CC(F)(F)F. The summed E-state index contributed by atoms with van der Waals surface area (Å²) in [4.78, 5) is 10.7. The van der Waals surface area contributed by atoms with Gasteiger partial charge in [0.1, 0.15) is 6.54 Å². The predicted molar refractivity (Wildman–Crippen MR) is 34.4 cm³/mol. The van der Waals surface area contributed by atoms with Gasteiger partial charge < -0.3 is 0 Å². The fraction of sp³-hybridized carbons (Fsp3) is 0.833. The van der Waals surface area contributed by atoms with Crippen molar-refractivity contribution in [2.24, 2.45) is 5.92 Å². The lowest BCUT2D eigenvalue weighted by molar-refractivity contribution is -0.214. The van der Waals surface area contributed by atoms with Crippen LogP contribution in [0.1, 0.15) is 13.8 Å². The molecule has 6 heteroatoms. The average Bonchev–Trinajstić information content (AvgIpc) is 1.82. The number of carbonyl (C=O) groups excluding carboxylic acids is 1. The van der Waals surface area contributed by atoms with E-state index in [9.17, 15) is 18.0 Å². The van der Waals surface area contributed by atoms with E-state index in [1.165, 1.54) is 13.8 Å². The van der Waals surface area contributed by atoms with Gasteiger partial charge in [-0.1, -0.05) is 13.8 Å². The molecule has 72 valence electrons. The first kappa shape index (κ1) is 11.2. The van der Waals surface area contributed by atoms with Gasteiger partial charge in [-0.2, -0.15) is 13.2 Å². The second-order valence-corrected chi connectivity index (χ2v) is 2.67. The molecule has 0 rings (SSSR count). The van der Waals surface area contributed by atoms with Crippen LogP contribution in [-0.2, 0) is 4.79 Å². The summed E-state index contributed by atoms with van der Waals surface area (Å²) in [7, 11) is 0. The molecule has 0 unspecified atom stereocenters. The molecular weight excluding hydrogens is 175 g/mol. The van der Waals surface area contributed by atoms with Crippen LogP contribution in [0.5, 0.6) is 0 Å². The van der Waals surface area contributed by atoms with Gasteiger partial charge in [-0.3, -0.25) is 10.0 Å². The minimum absolute atomic E-state index is 0.315. The molecule has 1 amide bonds. The van der Waals surface area contributed by atoms with Crippen molar-refractivity contribution < 1.29 is 23.2 Å². The molecule has 1 N–H and O–H groups in total. The summed E-state index contributed by atoms with van der Waals surface area (Å²) in [5, 5.41) is 8.27. The van der Waals surface area contributed by atoms with Crippen molar-refractivity contribution in [3.8, 4) is 0 Å². The average molecular weight is 185 g/mol. The Hall–Kier alpha value is -0.780. The van der Waals surface area contributed by atoms with Crippen LogP contribution < -0.4 is 0 Å². The third kappa shape index (κ3) is 4.17. The smallest absolute Gasteiger partial charge is 0.286 e. The van der Waals surface area contributed by atoms with Gasteiger partial charge >= 0.3 is 6.18 Å². The Morgan fingerprint density at radius 2 is 1.92 bits per heavy atom. The topological polar surface area (TPSA) is 40.5 Å². The van der Waals surface area contributed by atoms with Gasteiger partial charge in [0.25, 0.3) is 0 Å². The van der Waals surface area contributed by atoms with Gasteiger partial charge in [0.05, 0.1) is 0 Å². The van der Waals surface area contributed by atoms with Crippen LogP contribution >= 0.6 is 0 Å². The van der Waals surface area contributed by atoms with Crippen molar-refractivity contribution in [1.29, 1.82) is 0 Å². The van der Waals surface area contributed by atoms with E-state index >= 15 is 0 Å². The molecule has 0 saturated heterocycles. The van der Waals surface area contributed by atoms with E-state index in [2.05, 4.69) is 0 Å². The highest BCUT2D eigenvalue weighted by molar-refractivity contribution is 5.76. The van der Waals surface area contributed by atoms with Crippen LogP contribution in [0.2, 0.25) is 0 Å². The molecular formula is C6H10F3NO2. The number of rotatable bonds is 2. The third-order valence-electron chi connectivity index (χ3n) is 1.08. The standard InChI is InChI=1S/C6H10F3NO2/c1-4(2)5(11)10(12)3-6(7,8)9/h4,12H,3H2,1-2H3. The minimum Gasteiger partial charge on any atom is -0.286 e. The number of carbonyl (C=O) groups is 1. The monoisotopic (exact) mass is 185 g/mol. The second-order valence-electron chi connectivity index (χ2n) is 2.67. The molecule has 0 aliphatic heterocycles. The summed E-state index contributed by atoms with van der Waals surface area (Å²) in [5.41, 5.74) is 0.